The van der Waals surface area contributed by atoms with Crippen LogP contribution in [0.5, 0.6) is 0 Å². The summed E-state index contributed by atoms with van der Waals surface area (Å²) in [6, 6.07) is 18.3. The lowest BCUT2D eigenvalue weighted by molar-refractivity contribution is -0.113. The Bertz CT molecular complexity index is 1390. The van der Waals surface area contributed by atoms with Gasteiger partial charge in [0.2, 0.25) is 5.91 Å². The Hall–Kier alpha value is -3.01. The summed E-state index contributed by atoms with van der Waals surface area (Å²) in [6.07, 6.45) is 0.953. The molecule has 0 radical (unpaired) electrons. The number of thioether (sulfide) groups is 1. The fraction of sp³-hybridized carbons (Fsp3) is 0.167. The number of hydrogen-bond donors (Lipinski definition) is 1. The minimum Gasteiger partial charge on any atom is -0.302 e. The monoisotopic (exact) mass is 491 g/mol. The van der Waals surface area contributed by atoms with E-state index in [9.17, 15) is 4.79 Å². The van der Waals surface area contributed by atoms with E-state index in [-0.39, 0.29) is 11.7 Å². The third-order valence-corrected chi connectivity index (χ3v) is 7.73. The van der Waals surface area contributed by atoms with Gasteiger partial charge in [-0.1, -0.05) is 67.2 Å². The van der Waals surface area contributed by atoms with Crippen molar-refractivity contribution in [1.29, 1.82) is 0 Å². The molecule has 1 N–H and O–H groups in total. The zero-order valence-corrected chi connectivity index (χ0v) is 20.3. The van der Waals surface area contributed by atoms with Crippen molar-refractivity contribution in [3.05, 3.63) is 65.4 Å². The minimum atomic E-state index is -0.109. The molecule has 0 aliphatic rings. The van der Waals surface area contributed by atoms with E-state index < -0.39 is 0 Å². The summed E-state index contributed by atoms with van der Waals surface area (Å²) in [6.45, 7) is 2.92. The van der Waals surface area contributed by atoms with Gasteiger partial charge in [0.15, 0.2) is 16.1 Å². The highest BCUT2D eigenvalue weighted by molar-refractivity contribution is 7.99. The zero-order valence-electron chi connectivity index (χ0n) is 17.9. The number of nitrogens with zero attached hydrogens (tertiary/aromatic N) is 4. The number of rotatable bonds is 8. The molecule has 5 rings (SSSR count). The lowest BCUT2D eigenvalue weighted by atomic mass is 10.1. The van der Waals surface area contributed by atoms with Crippen LogP contribution in [0.2, 0.25) is 0 Å². The molecule has 33 heavy (non-hydrogen) atoms. The topological polar surface area (TPSA) is 72.7 Å². The van der Waals surface area contributed by atoms with Crippen LogP contribution < -0.4 is 5.32 Å². The maximum Gasteiger partial charge on any atom is 0.236 e. The standard InChI is InChI=1S/C24H21N5OS3/c1-2-12-29-22(18-13-31-20-11-7-6-10-17(18)20)27-28-24(29)33-15-21(30)26-23-25-19(14-32-23)16-8-4-3-5-9-16/h3-11,13-14H,2,12,15H2,1H3,(H,25,26,30). The summed E-state index contributed by atoms with van der Waals surface area (Å²) in [5, 5.41) is 18.4. The fourth-order valence-corrected chi connectivity index (χ4v) is 5.97. The Morgan fingerprint density at radius 2 is 1.85 bits per heavy atom. The van der Waals surface area contributed by atoms with Gasteiger partial charge >= 0.3 is 0 Å². The second-order valence-electron chi connectivity index (χ2n) is 7.34. The van der Waals surface area contributed by atoms with Gasteiger partial charge in [0.1, 0.15) is 0 Å². The molecule has 166 valence electrons. The van der Waals surface area contributed by atoms with Gasteiger partial charge < -0.3 is 9.88 Å². The highest BCUT2D eigenvalue weighted by atomic mass is 32.2. The average Bonchev–Trinajstić information content (AvgIpc) is 3.57. The lowest BCUT2D eigenvalue weighted by Gasteiger charge is -2.08. The molecule has 2 aromatic carbocycles. The van der Waals surface area contributed by atoms with E-state index in [0.717, 1.165) is 40.8 Å². The molecular formula is C24H21N5OS3. The third kappa shape index (κ3) is 4.71. The molecule has 0 aliphatic carbocycles. The number of nitrogens with one attached hydrogen (secondary N) is 1. The van der Waals surface area contributed by atoms with E-state index in [2.05, 4.69) is 49.5 Å². The summed E-state index contributed by atoms with van der Waals surface area (Å²) >= 11 is 4.53. The predicted molar refractivity (Wildman–Crippen MR) is 138 cm³/mol. The van der Waals surface area contributed by atoms with Crippen LogP contribution in [0.3, 0.4) is 0 Å². The average molecular weight is 492 g/mol. The molecule has 0 fully saturated rings. The predicted octanol–water partition coefficient (Wildman–Crippen LogP) is 6.42. The zero-order chi connectivity index (χ0) is 22.6. The molecule has 0 unspecified atom stereocenters. The Kier molecular flexibility index (Phi) is 6.52. The van der Waals surface area contributed by atoms with Crippen molar-refractivity contribution in [3.63, 3.8) is 0 Å². The van der Waals surface area contributed by atoms with Gasteiger partial charge in [-0.25, -0.2) is 4.98 Å². The van der Waals surface area contributed by atoms with Crippen molar-refractivity contribution in [1.82, 2.24) is 19.7 Å². The van der Waals surface area contributed by atoms with E-state index in [1.54, 1.807) is 11.3 Å². The highest BCUT2D eigenvalue weighted by Crippen LogP contribution is 2.34. The molecule has 6 nitrogen and oxygen atoms in total. The maximum atomic E-state index is 12.6. The molecule has 0 atom stereocenters. The lowest BCUT2D eigenvalue weighted by Crippen LogP contribution is -2.14. The van der Waals surface area contributed by atoms with Crippen molar-refractivity contribution in [3.8, 4) is 22.6 Å². The van der Waals surface area contributed by atoms with Gasteiger partial charge in [0, 0.05) is 38.5 Å². The van der Waals surface area contributed by atoms with Crippen molar-refractivity contribution < 1.29 is 4.79 Å². The number of benzene rings is 2. The first kappa shape index (κ1) is 21.8. The van der Waals surface area contributed by atoms with Gasteiger partial charge in [-0.2, -0.15) is 0 Å². The summed E-state index contributed by atoms with van der Waals surface area (Å²) in [4.78, 5) is 17.1. The van der Waals surface area contributed by atoms with Gasteiger partial charge in [0.25, 0.3) is 0 Å². The summed E-state index contributed by atoms with van der Waals surface area (Å²) < 4.78 is 3.34. The quantitative estimate of drug-likeness (QED) is 0.253. The SMILES string of the molecule is CCCn1c(SCC(=O)Nc2nc(-c3ccccc3)cs2)nnc1-c1csc2ccccc12. The number of carbonyl (C=O) groups excluding carboxylic acids is 1. The van der Waals surface area contributed by atoms with Crippen LogP contribution in [0, 0.1) is 0 Å². The molecule has 0 saturated carbocycles. The van der Waals surface area contributed by atoms with Crippen LogP contribution in [0.4, 0.5) is 5.13 Å². The number of anilines is 1. The molecule has 9 heteroatoms. The minimum absolute atomic E-state index is 0.109. The summed E-state index contributed by atoms with van der Waals surface area (Å²) in [7, 11) is 0. The number of thiophene rings is 1. The van der Waals surface area contributed by atoms with Crippen molar-refractivity contribution >= 4 is 55.6 Å². The van der Waals surface area contributed by atoms with Gasteiger partial charge in [-0.3, -0.25) is 4.79 Å². The normalized spacial score (nSPS) is 11.2. The molecule has 3 aromatic heterocycles. The van der Waals surface area contributed by atoms with Gasteiger partial charge in [-0.05, 0) is 12.5 Å². The van der Waals surface area contributed by atoms with Crippen molar-refractivity contribution in [2.45, 2.75) is 25.0 Å². The molecule has 5 aromatic rings. The third-order valence-electron chi connectivity index (χ3n) is 5.04. The van der Waals surface area contributed by atoms with E-state index in [1.807, 2.05) is 47.8 Å². The fourth-order valence-electron chi connectivity index (χ4n) is 3.53. The van der Waals surface area contributed by atoms with Crippen molar-refractivity contribution in [2.75, 3.05) is 11.1 Å². The van der Waals surface area contributed by atoms with Crippen LogP contribution in [-0.2, 0) is 11.3 Å². The number of aromatic nitrogens is 4. The molecule has 0 aliphatic heterocycles. The van der Waals surface area contributed by atoms with E-state index in [0.29, 0.717) is 5.13 Å². The number of carbonyl (C=O) groups is 1. The highest BCUT2D eigenvalue weighted by Gasteiger charge is 2.18. The molecule has 0 spiro atoms. The van der Waals surface area contributed by atoms with Crippen molar-refractivity contribution in [2.24, 2.45) is 0 Å². The van der Waals surface area contributed by atoms with Crippen LogP contribution in [0.15, 0.2) is 70.5 Å². The largest absolute Gasteiger partial charge is 0.302 e. The second-order valence-corrected chi connectivity index (χ2v) is 10.1. The number of amides is 1. The number of thiazole rings is 1. The molecular weight excluding hydrogens is 470 g/mol. The van der Waals surface area contributed by atoms with Crippen LogP contribution in [0.25, 0.3) is 32.7 Å². The first-order valence-corrected chi connectivity index (χ1v) is 13.3. The molecule has 0 bridgehead atoms. The maximum absolute atomic E-state index is 12.6. The first-order chi connectivity index (χ1) is 16.2. The molecule has 1 amide bonds. The summed E-state index contributed by atoms with van der Waals surface area (Å²) in [5.41, 5.74) is 2.98. The second kappa shape index (κ2) is 9.86. The smallest absolute Gasteiger partial charge is 0.236 e. The van der Waals surface area contributed by atoms with E-state index in [4.69, 9.17) is 0 Å². The number of fused-ring (bicyclic) bond motifs is 1. The molecule has 0 saturated heterocycles. The number of hydrogen-bond acceptors (Lipinski definition) is 7. The Morgan fingerprint density at radius 3 is 2.70 bits per heavy atom. The van der Waals surface area contributed by atoms with Gasteiger partial charge in [0.05, 0.1) is 11.4 Å². The van der Waals surface area contributed by atoms with Gasteiger partial charge in [-0.15, -0.1) is 32.9 Å². The van der Waals surface area contributed by atoms with Crippen LogP contribution in [-0.4, -0.2) is 31.4 Å². The van der Waals surface area contributed by atoms with Crippen LogP contribution >= 0.6 is 34.4 Å². The van der Waals surface area contributed by atoms with Crippen LogP contribution in [0.1, 0.15) is 13.3 Å². The Labute approximate surface area is 203 Å². The Balaban J connectivity index is 1.29. The summed E-state index contributed by atoms with van der Waals surface area (Å²) in [5.74, 6) is 0.985. The van der Waals surface area contributed by atoms with E-state index in [1.165, 1.54) is 33.2 Å². The van der Waals surface area contributed by atoms with E-state index >= 15 is 0 Å². The first-order valence-electron chi connectivity index (χ1n) is 10.6. The molecule has 3 heterocycles. The Morgan fingerprint density at radius 1 is 1.03 bits per heavy atom.